The Morgan fingerprint density at radius 1 is 1.10 bits per heavy atom. The molecule has 1 N–H and O–H groups in total. The van der Waals surface area contributed by atoms with E-state index in [-0.39, 0.29) is 23.1 Å². The molecule has 5 heteroatoms. The van der Waals surface area contributed by atoms with Crippen LogP contribution in [0.4, 0.5) is 0 Å². The van der Waals surface area contributed by atoms with Crippen LogP contribution in [0.5, 0.6) is 5.75 Å². The van der Waals surface area contributed by atoms with Gasteiger partial charge in [0.05, 0.1) is 11.3 Å². The smallest absolute Gasteiger partial charge is 0.201 e. The highest BCUT2D eigenvalue weighted by atomic mass is 32.2. The molecule has 0 bridgehead atoms. The number of carbonyl (C=O) groups is 2. The summed E-state index contributed by atoms with van der Waals surface area (Å²) in [5.74, 6) is 1.19. The third-order valence-corrected chi connectivity index (χ3v) is 3.79. The fraction of sp³-hybridized carbons (Fsp3) is 0.0667. The summed E-state index contributed by atoms with van der Waals surface area (Å²) in [6, 6.07) is 10.2. The summed E-state index contributed by atoms with van der Waals surface area (Å²) in [6.45, 7) is 0. The zero-order chi connectivity index (χ0) is 14.1. The van der Waals surface area contributed by atoms with Crippen molar-refractivity contribution in [1.29, 1.82) is 0 Å². The Balaban J connectivity index is 1.87. The lowest BCUT2D eigenvalue weighted by Crippen LogP contribution is -1.91. The van der Waals surface area contributed by atoms with Gasteiger partial charge in [-0.25, -0.2) is 0 Å². The lowest BCUT2D eigenvalue weighted by atomic mass is 10.2. The highest BCUT2D eigenvalue weighted by molar-refractivity contribution is 8.18. The van der Waals surface area contributed by atoms with Gasteiger partial charge in [-0.3, -0.25) is 9.59 Å². The number of thioether (sulfide) groups is 1. The number of carbonyl (C=O) groups excluding carboxylic acids is 2. The van der Waals surface area contributed by atoms with E-state index in [1.807, 2.05) is 0 Å². The topological polar surface area (TPSA) is 67.5 Å². The van der Waals surface area contributed by atoms with Crippen LogP contribution in [0, 0.1) is 0 Å². The Morgan fingerprint density at radius 3 is 2.50 bits per heavy atom. The summed E-state index contributed by atoms with van der Waals surface area (Å²) >= 11 is 0.955. The summed E-state index contributed by atoms with van der Waals surface area (Å²) < 4.78 is 5.62. The molecule has 100 valence electrons. The standard InChI is InChI=1S/C15H10O4S/c16-10-3-1-9(2-4-10)13-6-5-11(19-13)7-14-12(17)8-15(18)20-14/h1-7,16H,8H2/b14-7-. The van der Waals surface area contributed by atoms with E-state index in [2.05, 4.69) is 0 Å². The molecule has 1 aliphatic heterocycles. The van der Waals surface area contributed by atoms with E-state index in [0.717, 1.165) is 17.3 Å². The molecule has 0 atom stereocenters. The molecule has 2 aromatic rings. The first-order chi connectivity index (χ1) is 9.61. The van der Waals surface area contributed by atoms with Gasteiger partial charge < -0.3 is 9.52 Å². The minimum absolute atomic E-state index is 0.0397. The highest BCUT2D eigenvalue weighted by Gasteiger charge is 2.26. The minimum Gasteiger partial charge on any atom is -0.508 e. The molecular formula is C15H10O4S. The Bertz CT molecular complexity index is 710. The van der Waals surface area contributed by atoms with Crippen LogP contribution in [0.2, 0.25) is 0 Å². The van der Waals surface area contributed by atoms with Gasteiger partial charge in [-0.05, 0) is 54.2 Å². The predicted octanol–water partition coefficient (Wildman–Crippen LogP) is 3.23. The number of hydrogen-bond donors (Lipinski definition) is 1. The number of phenolic OH excluding ortho intramolecular Hbond substituents is 1. The van der Waals surface area contributed by atoms with Crippen LogP contribution in [0.25, 0.3) is 17.4 Å². The van der Waals surface area contributed by atoms with E-state index in [1.54, 1.807) is 42.5 Å². The van der Waals surface area contributed by atoms with Gasteiger partial charge >= 0.3 is 0 Å². The number of allylic oxidation sites excluding steroid dienone is 1. The first kappa shape index (κ1) is 12.7. The number of hydrogen-bond acceptors (Lipinski definition) is 5. The molecule has 1 fully saturated rings. The average molecular weight is 286 g/mol. The van der Waals surface area contributed by atoms with Crippen molar-refractivity contribution in [1.82, 2.24) is 0 Å². The van der Waals surface area contributed by atoms with Crippen LogP contribution >= 0.6 is 11.8 Å². The molecule has 0 amide bonds. The van der Waals surface area contributed by atoms with E-state index in [0.29, 0.717) is 16.4 Å². The van der Waals surface area contributed by atoms with Gasteiger partial charge in [0.1, 0.15) is 17.3 Å². The highest BCUT2D eigenvalue weighted by Crippen LogP contribution is 2.32. The number of phenols is 1. The molecule has 4 nitrogen and oxygen atoms in total. The summed E-state index contributed by atoms with van der Waals surface area (Å²) in [5.41, 5.74) is 0.828. The number of aromatic hydroxyl groups is 1. The third kappa shape index (κ3) is 2.53. The van der Waals surface area contributed by atoms with Crippen molar-refractivity contribution >= 4 is 28.7 Å². The summed E-state index contributed by atoms with van der Waals surface area (Å²) in [6.07, 6.45) is 1.55. The SMILES string of the molecule is O=C1CC(=O)/C(=C/c2ccc(-c3ccc(O)cc3)o2)S1. The van der Waals surface area contributed by atoms with Crippen molar-refractivity contribution in [2.45, 2.75) is 6.42 Å². The van der Waals surface area contributed by atoms with Crippen LogP contribution in [0.1, 0.15) is 12.2 Å². The van der Waals surface area contributed by atoms with Gasteiger partial charge in [-0.2, -0.15) is 0 Å². The van der Waals surface area contributed by atoms with E-state index in [4.69, 9.17) is 4.42 Å². The van der Waals surface area contributed by atoms with Gasteiger partial charge in [0.2, 0.25) is 5.12 Å². The Hall–Kier alpha value is -2.27. The molecule has 0 unspecified atom stereocenters. The lowest BCUT2D eigenvalue weighted by molar-refractivity contribution is -0.119. The first-order valence-electron chi connectivity index (χ1n) is 5.96. The van der Waals surface area contributed by atoms with E-state index < -0.39 is 0 Å². The number of ketones is 1. The number of Topliss-reactive ketones (excluding diaryl/α,β-unsaturated/α-hetero) is 1. The fourth-order valence-electron chi connectivity index (χ4n) is 1.88. The number of benzene rings is 1. The molecule has 0 aliphatic carbocycles. The van der Waals surface area contributed by atoms with Crippen LogP contribution in [-0.2, 0) is 9.59 Å². The monoisotopic (exact) mass is 286 g/mol. The van der Waals surface area contributed by atoms with E-state index in [1.165, 1.54) is 0 Å². The summed E-state index contributed by atoms with van der Waals surface area (Å²) in [7, 11) is 0. The zero-order valence-electron chi connectivity index (χ0n) is 10.3. The van der Waals surface area contributed by atoms with Gasteiger partial charge in [0.15, 0.2) is 5.78 Å². The molecule has 1 saturated heterocycles. The largest absolute Gasteiger partial charge is 0.508 e. The molecule has 1 aromatic carbocycles. The van der Waals surface area contributed by atoms with Gasteiger partial charge in [-0.1, -0.05) is 0 Å². The fourth-order valence-corrected chi connectivity index (χ4v) is 2.69. The maximum absolute atomic E-state index is 11.5. The van der Waals surface area contributed by atoms with Crippen molar-refractivity contribution in [3.8, 4) is 17.1 Å². The lowest BCUT2D eigenvalue weighted by Gasteiger charge is -1.97. The molecule has 1 aromatic heterocycles. The molecule has 1 aliphatic rings. The van der Waals surface area contributed by atoms with Gasteiger partial charge in [0.25, 0.3) is 0 Å². The summed E-state index contributed by atoms with van der Waals surface area (Å²) in [5, 5.41) is 9.11. The Kier molecular flexibility index (Phi) is 3.20. The van der Waals surface area contributed by atoms with Crippen molar-refractivity contribution in [3.63, 3.8) is 0 Å². The quantitative estimate of drug-likeness (QED) is 0.678. The second-order valence-electron chi connectivity index (χ2n) is 4.33. The van der Waals surface area contributed by atoms with Gasteiger partial charge in [-0.15, -0.1) is 0 Å². The first-order valence-corrected chi connectivity index (χ1v) is 6.78. The van der Waals surface area contributed by atoms with Crippen molar-refractivity contribution < 1.29 is 19.1 Å². The third-order valence-electron chi connectivity index (χ3n) is 2.86. The van der Waals surface area contributed by atoms with Crippen LogP contribution in [-0.4, -0.2) is 16.0 Å². The van der Waals surface area contributed by atoms with E-state index >= 15 is 0 Å². The van der Waals surface area contributed by atoms with Gasteiger partial charge in [0, 0.05) is 5.56 Å². The molecule has 0 radical (unpaired) electrons. The predicted molar refractivity (Wildman–Crippen MR) is 76.0 cm³/mol. The maximum Gasteiger partial charge on any atom is 0.201 e. The molecule has 2 heterocycles. The van der Waals surface area contributed by atoms with Crippen LogP contribution < -0.4 is 0 Å². The number of furan rings is 1. The summed E-state index contributed by atoms with van der Waals surface area (Å²) in [4.78, 5) is 23.1. The molecule has 3 rings (SSSR count). The van der Waals surface area contributed by atoms with Crippen LogP contribution in [0.15, 0.2) is 45.7 Å². The number of rotatable bonds is 2. The zero-order valence-corrected chi connectivity index (χ0v) is 11.1. The second-order valence-corrected chi connectivity index (χ2v) is 5.43. The average Bonchev–Trinajstić information content (AvgIpc) is 2.98. The second kappa shape index (κ2) is 5.02. The van der Waals surface area contributed by atoms with Crippen molar-refractivity contribution in [3.05, 3.63) is 47.1 Å². The molecule has 0 saturated carbocycles. The molecule has 20 heavy (non-hydrogen) atoms. The van der Waals surface area contributed by atoms with Crippen molar-refractivity contribution in [2.75, 3.05) is 0 Å². The minimum atomic E-state index is -0.164. The maximum atomic E-state index is 11.5. The van der Waals surface area contributed by atoms with E-state index in [9.17, 15) is 14.7 Å². The molecular weight excluding hydrogens is 276 g/mol. The van der Waals surface area contributed by atoms with Crippen molar-refractivity contribution in [2.24, 2.45) is 0 Å². The normalized spacial score (nSPS) is 17.1. The molecule has 0 spiro atoms. The van der Waals surface area contributed by atoms with Crippen LogP contribution in [0.3, 0.4) is 0 Å². The Labute approximate surface area is 119 Å². The Morgan fingerprint density at radius 2 is 1.85 bits per heavy atom.